The zero-order chi connectivity index (χ0) is 18.2. The van der Waals surface area contributed by atoms with Crippen LogP contribution < -0.4 is 16.4 Å². The summed E-state index contributed by atoms with van der Waals surface area (Å²) in [6, 6.07) is 13.3. The molecule has 25 heavy (non-hydrogen) atoms. The number of anilines is 1. The Morgan fingerprint density at radius 3 is 2.40 bits per heavy atom. The Balaban J connectivity index is 1.75. The highest BCUT2D eigenvalue weighted by Crippen LogP contribution is 2.20. The van der Waals surface area contributed by atoms with E-state index in [1.54, 1.807) is 30.3 Å². The van der Waals surface area contributed by atoms with Crippen LogP contribution in [0.2, 0.25) is 5.02 Å². The third-order valence-corrected chi connectivity index (χ3v) is 3.73. The molecule has 2 aromatic carbocycles. The molecule has 0 aliphatic carbocycles. The second-order valence-electron chi connectivity index (χ2n) is 5.33. The quantitative estimate of drug-likeness (QED) is 0.662. The molecular weight excluding hydrogens is 342 g/mol. The number of nitrogens with one attached hydrogen (secondary N) is 2. The van der Waals surface area contributed by atoms with Gasteiger partial charge in [0, 0.05) is 24.2 Å². The van der Waals surface area contributed by atoms with E-state index in [1.807, 2.05) is 6.07 Å². The van der Waals surface area contributed by atoms with Gasteiger partial charge in [-0.05, 0) is 36.8 Å². The predicted molar refractivity (Wildman–Crippen MR) is 96.6 cm³/mol. The molecule has 0 spiro atoms. The fraction of sp³-hybridized carbons (Fsp3) is 0.167. The third-order valence-electron chi connectivity index (χ3n) is 3.42. The first kappa shape index (κ1) is 18.5. The van der Waals surface area contributed by atoms with Crippen LogP contribution in [0.4, 0.5) is 5.69 Å². The summed E-state index contributed by atoms with van der Waals surface area (Å²) in [5.74, 6) is -1.01. The molecule has 0 aromatic heterocycles. The van der Waals surface area contributed by atoms with Gasteiger partial charge in [-0.25, -0.2) is 0 Å². The molecule has 0 saturated heterocycles. The van der Waals surface area contributed by atoms with Gasteiger partial charge in [-0.1, -0.05) is 29.8 Å². The van der Waals surface area contributed by atoms with Gasteiger partial charge in [0.1, 0.15) is 0 Å². The van der Waals surface area contributed by atoms with Gasteiger partial charge in [-0.2, -0.15) is 0 Å². The first-order valence-corrected chi connectivity index (χ1v) is 8.07. The van der Waals surface area contributed by atoms with Crippen LogP contribution in [0.25, 0.3) is 0 Å². The van der Waals surface area contributed by atoms with Crippen molar-refractivity contribution in [1.82, 2.24) is 5.32 Å². The maximum Gasteiger partial charge on any atom is 0.251 e. The molecule has 2 aromatic rings. The van der Waals surface area contributed by atoms with E-state index < -0.39 is 5.91 Å². The number of rotatable bonds is 7. The number of hydrogen-bond donors (Lipinski definition) is 3. The average molecular weight is 360 g/mol. The summed E-state index contributed by atoms with van der Waals surface area (Å²) in [7, 11) is 0. The molecule has 0 unspecified atom stereocenters. The number of primary amides is 1. The Morgan fingerprint density at radius 1 is 1.04 bits per heavy atom. The summed E-state index contributed by atoms with van der Waals surface area (Å²) in [5, 5.41) is 5.62. The van der Waals surface area contributed by atoms with E-state index in [9.17, 15) is 14.4 Å². The molecular formula is C18H18ClN3O3. The molecule has 3 amide bonds. The highest BCUT2D eigenvalue weighted by Gasteiger charge is 2.09. The van der Waals surface area contributed by atoms with Crippen LogP contribution in [0.5, 0.6) is 0 Å². The summed E-state index contributed by atoms with van der Waals surface area (Å²) in [5.41, 5.74) is 6.43. The van der Waals surface area contributed by atoms with E-state index in [1.165, 1.54) is 12.1 Å². The molecule has 0 aliphatic heterocycles. The van der Waals surface area contributed by atoms with E-state index in [-0.39, 0.29) is 28.8 Å². The van der Waals surface area contributed by atoms with Crippen molar-refractivity contribution < 1.29 is 14.4 Å². The maximum absolute atomic E-state index is 11.9. The molecule has 0 heterocycles. The van der Waals surface area contributed by atoms with Gasteiger partial charge in [0.15, 0.2) is 0 Å². The van der Waals surface area contributed by atoms with Crippen LogP contribution in [-0.4, -0.2) is 24.3 Å². The van der Waals surface area contributed by atoms with E-state index >= 15 is 0 Å². The van der Waals surface area contributed by atoms with E-state index in [0.717, 1.165) is 0 Å². The van der Waals surface area contributed by atoms with E-state index in [0.29, 0.717) is 24.2 Å². The van der Waals surface area contributed by atoms with Crippen LogP contribution in [0.1, 0.15) is 33.6 Å². The number of benzene rings is 2. The number of carbonyl (C=O) groups is 3. The van der Waals surface area contributed by atoms with E-state index in [4.69, 9.17) is 17.3 Å². The molecule has 0 fully saturated rings. The van der Waals surface area contributed by atoms with Gasteiger partial charge >= 0.3 is 0 Å². The Morgan fingerprint density at radius 2 is 1.76 bits per heavy atom. The molecule has 4 N–H and O–H groups in total. The van der Waals surface area contributed by atoms with Gasteiger partial charge in [-0.15, -0.1) is 0 Å². The fourth-order valence-corrected chi connectivity index (χ4v) is 2.43. The minimum Gasteiger partial charge on any atom is -0.366 e. The second-order valence-corrected chi connectivity index (χ2v) is 5.74. The van der Waals surface area contributed by atoms with Crippen molar-refractivity contribution in [1.29, 1.82) is 0 Å². The Bertz CT molecular complexity index is 778. The predicted octanol–water partition coefficient (Wildman–Crippen LogP) is 2.59. The molecule has 6 nitrogen and oxygen atoms in total. The van der Waals surface area contributed by atoms with Crippen LogP contribution in [-0.2, 0) is 4.79 Å². The van der Waals surface area contributed by atoms with Crippen molar-refractivity contribution in [2.24, 2.45) is 5.73 Å². The van der Waals surface area contributed by atoms with Gasteiger partial charge in [0.25, 0.3) is 5.91 Å². The Hall–Kier alpha value is -2.86. The van der Waals surface area contributed by atoms with Gasteiger partial charge in [0.05, 0.1) is 10.6 Å². The lowest BCUT2D eigenvalue weighted by Crippen LogP contribution is -2.25. The third kappa shape index (κ3) is 5.61. The Kier molecular flexibility index (Phi) is 6.54. The number of halogens is 1. The summed E-state index contributed by atoms with van der Waals surface area (Å²) >= 11 is 5.93. The summed E-state index contributed by atoms with van der Waals surface area (Å²) in [6.45, 7) is 0.391. The lowest BCUT2D eigenvalue weighted by molar-refractivity contribution is -0.116. The molecule has 0 atom stereocenters. The van der Waals surface area contributed by atoms with Crippen molar-refractivity contribution in [3.63, 3.8) is 0 Å². The molecule has 7 heteroatoms. The molecule has 0 aliphatic rings. The minimum absolute atomic E-state index is 0.171. The van der Waals surface area contributed by atoms with Crippen molar-refractivity contribution >= 4 is 35.0 Å². The number of hydrogen-bond acceptors (Lipinski definition) is 3. The highest BCUT2D eigenvalue weighted by atomic mass is 35.5. The molecule has 0 radical (unpaired) electrons. The first-order chi connectivity index (χ1) is 12.0. The lowest BCUT2D eigenvalue weighted by Gasteiger charge is -2.08. The monoisotopic (exact) mass is 359 g/mol. The summed E-state index contributed by atoms with van der Waals surface area (Å²) < 4.78 is 0. The van der Waals surface area contributed by atoms with Crippen LogP contribution in [0.3, 0.4) is 0 Å². The van der Waals surface area contributed by atoms with Gasteiger partial charge in [-0.3, -0.25) is 14.4 Å². The zero-order valence-electron chi connectivity index (χ0n) is 13.4. The normalized spacial score (nSPS) is 10.1. The standard InChI is InChI=1S/C18H18ClN3O3/c19-15-11-13(8-9-14(15)17(20)24)22-16(23)7-4-10-21-18(25)12-5-2-1-3-6-12/h1-3,5-6,8-9,11H,4,7,10H2,(H2,20,24)(H,21,25)(H,22,23). The van der Waals surface area contributed by atoms with Crippen LogP contribution >= 0.6 is 11.6 Å². The van der Waals surface area contributed by atoms with Crippen molar-refractivity contribution in [3.8, 4) is 0 Å². The number of nitrogens with two attached hydrogens (primary N) is 1. The fourth-order valence-electron chi connectivity index (χ4n) is 2.16. The summed E-state index contributed by atoms with van der Waals surface area (Å²) in [6.07, 6.45) is 0.738. The molecule has 0 bridgehead atoms. The maximum atomic E-state index is 11.9. The molecule has 0 saturated carbocycles. The second kappa shape index (κ2) is 8.84. The topological polar surface area (TPSA) is 101 Å². The highest BCUT2D eigenvalue weighted by molar-refractivity contribution is 6.34. The number of amides is 3. The molecule has 130 valence electrons. The van der Waals surface area contributed by atoms with Crippen molar-refractivity contribution in [2.75, 3.05) is 11.9 Å². The Labute approximate surface area is 150 Å². The average Bonchev–Trinajstić information content (AvgIpc) is 2.59. The van der Waals surface area contributed by atoms with Gasteiger partial charge < -0.3 is 16.4 Å². The smallest absolute Gasteiger partial charge is 0.251 e. The lowest BCUT2D eigenvalue weighted by atomic mass is 10.2. The van der Waals surface area contributed by atoms with Crippen molar-refractivity contribution in [3.05, 3.63) is 64.7 Å². The SMILES string of the molecule is NC(=O)c1ccc(NC(=O)CCCNC(=O)c2ccccc2)cc1Cl. The van der Waals surface area contributed by atoms with Crippen LogP contribution in [0.15, 0.2) is 48.5 Å². The largest absolute Gasteiger partial charge is 0.366 e. The molecule has 2 rings (SSSR count). The van der Waals surface area contributed by atoms with Crippen molar-refractivity contribution in [2.45, 2.75) is 12.8 Å². The number of carbonyl (C=O) groups excluding carboxylic acids is 3. The minimum atomic E-state index is -0.628. The van der Waals surface area contributed by atoms with Crippen LogP contribution in [0, 0.1) is 0 Å². The van der Waals surface area contributed by atoms with E-state index in [2.05, 4.69) is 10.6 Å². The van der Waals surface area contributed by atoms with Gasteiger partial charge in [0.2, 0.25) is 11.8 Å². The zero-order valence-corrected chi connectivity index (χ0v) is 14.2. The first-order valence-electron chi connectivity index (χ1n) is 7.70. The summed E-state index contributed by atoms with van der Waals surface area (Å²) in [4.78, 5) is 34.8.